The van der Waals surface area contributed by atoms with Crippen LogP contribution in [0.2, 0.25) is 0 Å². The summed E-state index contributed by atoms with van der Waals surface area (Å²) in [6, 6.07) is 106. The number of benzene rings is 12. The fourth-order valence-electron chi connectivity index (χ4n) is 13.4. The molecule has 0 unspecified atom stereocenters. The van der Waals surface area contributed by atoms with Crippen LogP contribution >= 0.6 is 0 Å². The first-order valence-corrected chi connectivity index (χ1v) is 26.3. The largest absolute Gasteiger partial charge is 0.310 e. The third-order valence-corrected chi connectivity index (χ3v) is 16.5. The van der Waals surface area contributed by atoms with E-state index in [0.29, 0.717) is 0 Å². The molecule has 0 atom stereocenters. The molecule has 354 valence electrons. The number of para-hydroxylation sites is 3. The van der Waals surface area contributed by atoms with Crippen LogP contribution in [0, 0.1) is 0 Å². The quantitative estimate of drug-likeness (QED) is 0.155. The Balaban J connectivity index is 0.859. The van der Waals surface area contributed by atoms with E-state index < -0.39 is 5.41 Å². The van der Waals surface area contributed by atoms with E-state index >= 15 is 0 Å². The Kier molecular flexibility index (Phi) is 9.25. The van der Waals surface area contributed by atoms with E-state index in [9.17, 15) is 0 Å². The number of fused-ring (bicyclic) bond motifs is 16. The van der Waals surface area contributed by atoms with Crippen molar-refractivity contribution in [3.63, 3.8) is 0 Å². The highest BCUT2D eigenvalue weighted by molar-refractivity contribution is 6.13. The molecule has 2 aromatic heterocycles. The van der Waals surface area contributed by atoms with Gasteiger partial charge in [0.2, 0.25) is 0 Å². The number of nitrogens with zero attached hydrogens (tertiary/aromatic N) is 3. The number of anilines is 3. The zero-order valence-corrected chi connectivity index (χ0v) is 41.5. The summed E-state index contributed by atoms with van der Waals surface area (Å²) >= 11 is 0. The number of hydrogen-bond donors (Lipinski definition) is 0. The summed E-state index contributed by atoms with van der Waals surface area (Å²) in [5.41, 5.74) is 25.1. The van der Waals surface area contributed by atoms with Crippen LogP contribution < -0.4 is 4.90 Å². The molecule has 2 aliphatic rings. The maximum absolute atomic E-state index is 2.48. The van der Waals surface area contributed by atoms with E-state index in [1.165, 1.54) is 99.2 Å². The molecule has 0 N–H and O–H groups in total. The summed E-state index contributed by atoms with van der Waals surface area (Å²) in [6.45, 7) is 0. The summed E-state index contributed by atoms with van der Waals surface area (Å²) in [4.78, 5) is 2.48. The third-order valence-electron chi connectivity index (χ3n) is 16.5. The van der Waals surface area contributed by atoms with Crippen LogP contribution in [0.15, 0.2) is 285 Å². The van der Waals surface area contributed by atoms with Gasteiger partial charge in [-0.05, 0) is 134 Å². The van der Waals surface area contributed by atoms with E-state index in [1.54, 1.807) is 0 Å². The van der Waals surface area contributed by atoms with Crippen molar-refractivity contribution in [1.82, 2.24) is 9.13 Å². The lowest BCUT2D eigenvalue weighted by molar-refractivity contribution is 0.794. The minimum absolute atomic E-state index is 0.449. The summed E-state index contributed by atoms with van der Waals surface area (Å²) in [5, 5.41) is 4.96. The molecule has 12 aromatic carbocycles. The molecule has 16 rings (SSSR count). The maximum atomic E-state index is 2.48. The van der Waals surface area contributed by atoms with Crippen molar-refractivity contribution in [3.05, 3.63) is 307 Å². The van der Waals surface area contributed by atoms with Gasteiger partial charge >= 0.3 is 0 Å². The lowest BCUT2D eigenvalue weighted by Crippen LogP contribution is -2.26. The summed E-state index contributed by atoms with van der Waals surface area (Å²) in [6.07, 6.45) is 0. The summed E-state index contributed by atoms with van der Waals surface area (Å²) < 4.78 is 4.86. The van der Waals surface area contributed by atoms with Crippen molar-refractivity contribution in [2.24, 2.45) is 0 Å². The first kappa shape index (κ1) is 42.5. The standard InChI is InChI=1S/C73H47N3/c1-3-18-48(19-4-1)49-34-39-53(40-35-49)74(69-33-17-30-66-72(69)62-26-9-14-29-65(62)73(66)63-27-12-7-22-56(63)57-23-8-13-28-64(57)73)54-41-36-50(37-42-54)51-38-44-60-58-24-11-16-32-68(58)76(70(60)46-51)55-43-45-61-59-25-10-15-31-67(59)75(71(61)47-55)52-20-5-2-6-21-52/h1-47H. The molecule has 0 saturated heterocycles. The van der Waals surface area contributed by atoms with Gasteiger partial charge in [-0.15, -0.1) is 0 Å². The van der Waals surface area contributed by atoms with Gasteiger partial charge in [-0.1, -0.05) is 212 Å². The predicted molar refractivity (Wildman–Crippen MR) is 317 cm³/mol. The molecule has 1 spiro atoms. The van der Waals surface area contributed by atoms with Gasteiger partial charge in [0.05, 0.1) is 33.2 Å². The van der Waals surface area contributed by atoms with Crippen LogP contribution in [-0.2, 0) is 5.41 Å². The molecule has 0 saturated carbocycles. The molecule has 0 aliphatic heterocycles. The van der Waals surface area contributed by atoms with E-state index in [-0.39, 0.29) is 0 Å². The van der Waals surface area contributed by atoms with Crippen LogP contribution in [0.3, 0.4) is 0 Å². The average Bonchev–Trinajstić information content (AvgIpc) is 4.27. The Morgan fingerprint density at radius 3 is 1.33 bits per heavy atom. The molecular formula is C73H47N3. The minimum Gasteiger partial charge on any atom is -0.310 e. The topological polar surface area (TPSA) is 13.1 Å². The van der Waals surface area contributed by atoms with Crippen molar-refractivity contribution >= 4 is 60.7 Å². The average molecular weight is 966 g/mol. The molecule has 76 heavy (non-hydrogen) atoms. The molecule has 2 aliphatic carbocycles. The van der Waals surface area contributed by atoms with Crippen molar-refractivity contribution in [2.45, 2.75) is 5.41 Å². The van der Waals surface area contributed by atoms with Gasteiger partial charge in [-0.2, -0.15) is 0 Å². The van der Waals surface area contributed by atoms with Gasteiger partial charge < -0.3 is 14.0 Å². The van der Waals surface area contributed by atoms with Gasteiger partial charge in [-0.25, -0.2) is 0 Å². The van der Waals surface area contributed by atoms with Gasteiger partial charge in [0.1, 0.15) is 0 Å². The SMILES string of the molecule is c1ccc(-c2ccc(N(c3ccc(-c4ccc5c6ccccc6n(-c6ccc7c8ccccc8n(-c8ccccc8)c7c6)c5c4)cc3)c3cccc4c3-c3ccccc3C43c4ccccc4-c4ccccc43)cc2)cc1. The molecule has 3 heteroatoms. The second kappa shape index (κ2) is 16.5. The van der Waals surface area contributed by atoms with Gasteiger partial charge in [0.15, 0.2) is 0 Å². The predicted octanol–water partition coefficient (Wildman–Crippen LogP) is 19.0. The van der Waals surface area contributed by atoms with Crippen LogP contribution in [0.5, 0.6) is 0 Å². The Hall–Kier alpha value is -9.96. The van der Waals surface area contributed by atoms with Crippen LogP contribution in [0.1, 0.15) is 22.3 Å². The normalized spacial score (nSPS) is 12.8. The summed E-state index contributed by atoms with van der Waals surface area (Å²) in [5.74, 6) is 0. The van der Waals surface area contributed by atoms with E-state index in [0.717, 1.165) is 39.6 Å². The molecule has 0 fully saturated rings. The number of hydrogen-bond acceptors (Lipinski definition) is 1. The number of rotatable bonds is 7. The first-order valence-electron chi connectivity index (χ1n) is 26.3. The zero-order valence-electron chi connectivity index (χ0n) is 41.5. The monoisotopic (exact) mass is 965 g/mol. The molecule has 2 heterocycles. The lowest BCUT2D eigenvalue weighted by atomic mass is 9.70. The Morgan fingerprint density at radius 1 is 0.263 bits per heavy atom. The van der Waals surface area contributed by atoms with Crippen LogP contribution in [-0.4, -0.2) is 9.13 Å². The van der Waals surface area contributed by atoms with E-state index in [1.807, 2.05) is 0 Å². The van der Waals surface area contributed by atoms with Gasteiger partial charge in [0, 0.05) is 49.9 Å². The smallest absolute Gasteiger partial charge is 0.0726 e. The maximum Gasteiger partial charge on any atom is 0.0726 e. The zero-order chi connectivity index (χ0) is 49.9. The van der Waals surface area contributed by atoms with Crippen LogP contribution in [0.25, 0.3) is 99.5 Å². The fraction of sp³-hybridized carbons (Fsp3) is 0.0137. The third kappa shape index (κ3) is 6.05. The Morgan fingerprint density at radius 2 is 0.697 bits per heavy atom. The van der Waals surface area contributed by atoms with E-state index in [2.05, 4.69) is 299 Å². The molecule has 0 bridgehead atoms. The van der Waals surface area contributed by atoms with Crippen molar-refractivity contribution in [3.8, 4) is 55.9 Å². The fourth-order valence-corrected chi connectivity index (χ4v) is 13.4. The van der Waals surface area contributed by atoms with Crippen molar-refractivity contribution in [2.75, 3.05) is 4.90 Å². The Labute approximate surface area is 441 Å². The second-order valence-electron chi connectivity index (χ2n) is 20.4. The minimum atomic E-state index is -0.449. The molecule has 0 radical (unpaired) electrons. The molecule has 3 nitrogen and oxygen atoms in total. The molecular weight excluding hydrogens is 919 g/mol. The Bertz CT molecular complexity index is 4570. The van der Waals surface area contributed by atoms with Crippen molar-refractivity contribution < 1.29 is 0 Å². The van der Waals surface area contributed by atoms with Crippen LogP contribution in [0.4, 0.5) is 17.1 Å². The summed E-state index contributed by atoms with van der Waals surface area (Å²) in [7, 11) is 0. The molecule has 14 aromatic rings. The van der Waals surface area contributed by atoms with E-state index in [4.69, 9.17) is 0 Å². The first-order chi connectivity index (χ1) is 37.7. The molecule has 0 amide bonds. The highest BCUT2D eigenvalue weighted by Gasteiger charge is 2.52. The lowest BCUT2D eigenvalue weighted by Gasteiger charge is -2.32. The highest BCUT2D eigenvalue weighted by atomic mass is 15.1. The second-order valence-corrected chi connectivity index (χ2v) is 20.4. The highest BCUT2D eigenvalue weighted by Crippen LogP contribution is 2.64. The van der Waals surface area contributed by atoms with Gasteiger partial charge in [-0.3, -0.25) is 0 Å². The van der Waals surface area contributed by atoms with Gasteiger partial charge in [0.25, 0.3) is 0 Å². The van der Waals surface area contributed by atoms with Crippen molar-refractivity contribution in [1.29, 1.82) is 0 Å². The number of aromatic nitrogens is 2.